The molecule has 0 saturated carbocycles. The van der Waals surface area contributed by atoms with Crippen molar-refractivity contribution >= 4 is 28.9 Å². The molecule has 1 aromatic heterocycles. The average molecular weight is 380 g/mol. The van der Waals surface area contributed by atoms with Gasteiger partial charge < -0.3 is 14.9 Å². The van der Waals surface area contributed by atoms with Crippen LogP contribution in [0.2, 0.25) is 0 Å². The first-order chi connectivity index (χ1) is 13.3. The average Bonchev–Trinajstić information content (AvgIpc) is 2.66. The van der Waals surface area contributed by atoms with E-state index in [2.05, 4.69) is 0 Å². The van der Waals surface area contributed by atoms with E-state index in [1.165, 1.54) is 12.1 Å². The molecule has 142 valence electrons. The third kappa shape index (κ3) is 4.07. The Kier molecular flexibility index (Phi) is 5.21. The van der Waals surface area contributed by atoms with Gasteiger partial charge in [-0.15, -0.1) is 0 Å². The third-order valence-electron chi connectivity index (χ3n) is 3.90. The Morgan fingerprint density at radius 3 is 2.46 bits per heavy atom. The minimum atomic E-state index is -1.46. The molecule has 3 aromatic rings. The fourth-order valence-electron chi connectivity index (χ4n) is 2.62. The van der Waals surface area contributed by atoms with Crippen LogP contribution in [0.1, 0.15) is 27.8 Å². The highest BCUT2D eigenvalue weighted by atomic mass is 16.6. The lowest BCUT2D eigenvalue weighted by molar-refractivity contribution is -0.129. The molecule has 0 unspecified atom stereocenters. The number of primary amides is 1. The number of esters is 1. The maximum atomic E-state index is 12.5. The number of benzene rings is 2. The number of ether oxygens (including phenoxy) is 1. The molecule has 0 aliphatic heterocycles. The molecule has 28 heavy (non-hydrogen) atoms. The molecule has 0 saturated heterocycles. The predicted octanol–water partition coefficient (Wildman–Crippen LogP) is 2.19. The number of nitrogens with one attached hydrogen (secondary N) is 1. The Labute approximate surface area is 158 Å². The van der Waals surface area contributed by atoms with Gasteiger partial charge in [0.05, 0.1) is 5.39 Å². The summed E-state index contributed by atoms with van der Waals surface area (Å²) >= 11 is 0. The SMILES string of the molecule is Cc1ccc2oc(C(=O)O[C@H](C(=O)NC(N)=O)c3ccccc3)cc(=O)c2c1. The van der Waals surface area contributed by atoms with Crippen LogP contribution in [0, 0.1) is 6.92 Å². The Balaban J connectivity index is 1.94. The van der Waals surface area contributed by atoms with Crippen molar-refractivity contribution in [1.82, 2.24) is 5.32 Å². The van der Waals surface area contributed by atoms with Gasteiger partial charge in [0.15, 0.2) is 5.43 Å². The molecule has 8 nitrogen and oxygen atoms in total. The number of carbonyl (C=O) groups is 3. The van der Waals surface area contributed by atoms with Gasteiger partial charge >= 0.3 is 12.0 Å². The van der Waals surface area contributed by atoms with Crippen LogP contribution in [0.3, 0.4) is 0 Å². The standard InChI is InChI=1S/C20H16N2O6/c1-11-7-8-15-13(9-11)14(23)10-16(27-15)19(25)28-17(18(24)22-20(21)26)12-5-3-2-4-6-12/h2-10,17H,1H3,(H3,21,22,24,26)/t17-/m0/s1. The van der Waals surface area contributed by atoms with Crippen LogP contribution in [0.4, 0.5) is 4.79 Å². The van der Waals surface area contributed by atoms with Gasteiger partial charge in [0.1, 0.15) is 5.58 Å². The van der Waals surface area contributed by atoms with Crippen molar-refractivity contribution in [3.63, 3.8) is 0 Å². The lowest BCUT2D eigenvalue weighted by atomic mass is 10.1. The van der Waals surface area contributed by atoms with Gasteiger partial charge in [0.25, 0.3) is 5.91 Å². The van der Waals surface area contributed by atoms with Crippen LogP contribution in [0.15, 0.2) is 63.8 Å². The van der Waals surface area contributed by atoms with E-state index in [4.69, 9.17) is 14.9 Å². The first-order valence-electron chi connectivity index (χ1n) is 8.26. The molecule has 3 rings (SSSR count). The summed E-state index contributed by atoms with van der Waals surface area (Å²) in [6.45, 7) is 1.82. The van der Waals surface area contributed by atoms with Crippen molar-refractivity contribution in [2.24, 2.45) is 5.73 Å². The number of hydrogen-bond acceptors (Lipinski definition) is 6. The van der Waals surface area contributed by atoms with Gasteiger partial charge in [-0.3, -0.25) is 14.9 Å². The molecule has 8 heteroatoms. The summed E-state index contributed by atoms with van der Waals surface area (Å²) in [4.78, 5) is 48.1. The number of hydrogen-bond donors (Lipinski definition) is 2. The predicted molar refractivity (Wildman–Crippen MR) is 99.5 cm³/mol. The van der Waals surface area contributed by atoms with E-state index in [9.17, 15) is 19.2 Å². The van der Waals surface area contributed by atoms with Gasteiger partial charge in [0.2, 0.25) is 11.9 Å². The van der Waals surface area contributed by atoms with Gasteiger partial charge in [0, 0.05) is 11.6 Å². The molecule has 0 spiro atoms. The monoisotopic (exact) mass is 380 g/mol. The number of urea groups is 1. The smallest absolute Gasteiger partial charge is 0.375 e. The third-order valence-corrected chi connectivity index (χ3v) is 3.90. The van der Waals surface area contributed by atoms with E-state index >= 15 is 0 Å². The summed E-state index contributed by atoms with van der Waals surface area (Å²) in [6.07, 6.45) is -1.46. The van der Waals surface area contributed by atoms with Crippen LogP contribution in [-0.4, -0.2) is 17.9 Å². The van der Waals surface area contributed by atoms with Gasteiger partial charge in [-0.1, -0.05) is 42.0 Å². The molecule has 1 atom stereocenters. The first-order valence-corrected chi connectivity index (χ1v) is 8.26. The molecule has 3 amide bonds. The highest BCUT2D eigenvalue weighted by Gasteiger charge is 2.28. The number of imide groups is 1. The van der Waals surface area contributed by atoms with E-state index in [0.717, 1.165) is 11.6 Å². The zero-order valence-electron chi connectivity index (χ0n) is 14.8. The van der Waals surface area contributed by atoms with E-state index in [0.29, 0.717) is 10.9 Å². The number of nitrogens with two attached hydrogens (primary N) is 1. The lowest BCUT2D eigenvalue weighted by Gasteiger charge is -2.16. The van der Waals surface area contributed by atoms with Gasteiger partial charge in [-0.25, -0.2) is 9.59 Å². The maximum absolute atomic E-state index is 12.5. The molecule has 1 heterocycles. The van der Waals surface area contributed by atoms with E-state index in [-0.39, 0.29) is 11.3 Å². The first kappa shape index (κ1) is 18.8. The molecule has 0 fully saturated rings. The summed E-state index contributed by atoms with van der Waals surface area (Å²) in [5.74, 6) is -2.33. The molecular weight excluding hydrogens is 364 g/mol. The van der Waals surface area contributed by atoms with Crippen LogP contribution in [0.25, 0.3) is 11.0 Å². The minimum Gasteiger partial charge on any atom is -0.449 e. The van der Waals surface area contributed by atoms with Crippen molar-refractivity contribution in [2.45, 2.75) is 13.0 Å². The summed E-state index contributed by atoms with van der Waals surface area (Å²) in [5, 5.41) is 2.20. The molecular formula is C20H16N2O6. The Bertz CT molecular complexity index is 1120. The quantitative estimate of drug-likeness (QED) is 0.668. The second kappa shape index (κ2) is 7.75. The normalized spacial score (nSPS) is 11.6. The van der Waals surface area contributed by atoms with Gasteiger partial charge in [-0.2, -0.15) is 0 Å². The fraction of sp³-hybridized carbons (Fsp3) is 0.100. The molecule has 0 bridgehead atoms. The number of rotatable bonds is 4. The van der Waals surface area contributed by atoms with E-state index in [1.54, 1.807) is 36.4 Å². The molecule has 0 aliphatic rings. The van der Waals surface area contributed by atoms with Gasteiger partial charge in [-0.05, 0) is 19.1 Å². The number of fused-ring (bicyclic) bond motifs is 1. The summed E-state index contributed by atoms with van der Waals surface area (Å²) in [6, 6.07) is 12.9. The van der Waals surface area contributed by atoms with Crippen LogP contribution >= 0.6 is 0 Å². The van der Waals surface area contributed by atoms with Crippen LogP contribution < -0.4 is 16.5 Å². The van der Waals surface area contributed by atoms with Crippen molar-refractivity contribution < 1.29 is 23.5 Å². The number of carbonyl (C=O) groups excluding carboxylic acids is 3. The second-order valence-corrected chi connectivity index (χ2v) is 6.02. The zero-order valence-corrected chi connectivity index (χ0v) is 14.8. The fourth-order valence-corrected chi connectivity index (χ4v) is 2.62. The van der Waals surface area contributed by atoms with E-state index < -0.39 is 29.4 Å². The summed E-state index contributed by atoms with van der Waals surface area (Å²) in [5.41, 5.74) is 5.94. The number of amides is 3. The topological polar surface area (TPSA) is 129 Å². The summed E-state index contributed by atoms with van der Waals surface area (Å²) < 4.78 is 10.7. The summed E-state index contributed by atoms with van der Waals surface area (Å²) in [7, 11) is 0. The second-order valence-electron chi connectivity index (χ2n) is 6.02. The maximum Gasteiger partial charge on any atom is 0.375 e. The number of aryl methyl sites for hydroxylation is 1. The van der Waals surface area contributed by atoms with Crippen molar-refractivity contribution in [1.29, 1.82) is 0 Å². The molecule has 2 aromatic carbocycles. The van der Waals surface area contributed by atoms with Crippen molar-refractivity contribution in [3.8, 4) is 0 Å². The Hall–Kier alpha value is -3.94. The Morgan fingerprint density at radius 1 is 1.07 bits per heavy atom. The van der Waals surface area contributed by atoms with Crippen molar-refractivity contribution in [2.75, 3.05) is 0 Å². The molecule has 0 aliphatic carbocycles. The molecule has 3 N–H and O–H groups in total. The highest BCUT2D eigenvalue weighted by Crippen LogP contribution is 2.21. The van der Waals surface area contributed by atoms with Crippen molar-refractivity contribution in [3.05, 3.63) is 81.7 Å². The largest absolute Gasteiger partial charge is 0.449 e. The molecule has 0 radical (unpaired) electrons. The minimum absolute atomic E-state index is 0.211. The van der Waals surface area contributed by atoms with Crippen LogP contribution in [-0.2, 0) is 9.53 Å². The highest BCUT2D eigenvalue weighted by molar-refractivity contribution is 5.98. The Morgan fingerprint density at radius 2 is 1.79 bits per heavy atom. The van der Waals surface area contributed by atoms with E-state index in [1.807, 2.05) is 12.2 Å². The van der Waals surface area contributed by atoms with Crippen LogP contribution in [0.5, 0.6) is 0 Å². The lowest BCUT2D eigenvalue weighted by Crippen LogP contribution is -2.39. The zero-order chi connectivity index (χ0) is 20.3.